The molecule has 0 saturated carbocycles. The van der Waals surface area contributed by atoms with E-state index in [4.69, 9.17) is 4.74 Å². The van der Waals surface area contributed by atoms with Gasteiger partial charge in [0, 0.05) is 26.2 Å². The summed E-state index contributed by atoms with van der Waals surface area (Å²) in [6.45, 7) is 2.43. The molecule has 0 N–H and O–H groups in total. The van der Waals surface area contributed by atoms with Gasteiger partial charge in [0.05, 0.1) is 6.61 Å². The minimum absolute atomic E-state index is 0.225. The molecule has 0 aliphatic rings. The number of likely N-dealkylation sites (N-methyl/N-ethyl adjacent to an activating group) is 1. The number of ether oxygens (including phenoxy) is 1. The second-order valence-electron chi connectivity index (χ2n) is 3.09. The molecule has 0 unspecified atom stereocenters. The van der Waals surface area contributed by atoms with Gasteiger partial charge in [0.15, 0.2) is 0 Å². The Labute approximate surface area is 84.5 Å². The Bertz CT molecular complexity index is 221. The summed E-state index contributed by atoms with van der Waals surface area (Å²) in [4.78, 5) is 23.4. The zero-order valence-electron chi connectivity index (χ0n) is 8.95. The number of nitrogens with zero attached hydrogens (tertiary/aromatic N) is 1. The van der Waals surface area contributed by atoms with Crippen molar-refractivity contribution < 1.29 is 14.3 Å². The third-order valence-electron chi connectivity index (χ3n) is 1.54. The van der Waals surface area contributed by atoms with Gasteiger partial charge in [-0.1, -0.05) is 13.3 Å². The van der Waals surface area contributed by atoms with Crippen molar-refractivity contribution in [3.05, 3.63) is 12.2 Å². The lowest BCUT2D eigenvalue weighted by atomic mass is 10.4. The quantitative estimate of drug-likeness (QED) is 0.376. The third-order valence-corrected chi connectivity index (χ3v) is 1.54. The van der Waals surface area contributed by atoms with Crippen molar-refractivity contribution >= 4 is 11.9 Å². The second-order valence-corrected chi connectivity index (χ2v) is 3.09. The molecule has 0 radical (unpaired) electrons. The van der Waals surface area contributed by atoms with Gasteiger partial charge in [-0.15, -0.1) is 0 Å². The summed E-state index contributed by atoms with van der Waals surface area (Å²) in [7, 11) is 3.24. The first-order chi connectivity index (χ1) is 6.57. The molecule has 80 valence electrons. The molecule has 0 atom stereocenters. The van der Waals surface area contributed by atoms with Crippen LogP contribution in [0.2, 0.25) is 0 Å². The highest BCUT2D eigenvalue weighted by molar-refractivity contribution is 5.94. The third kappa shape index (κ3) is 6.22. The fraction of sp³-hybridized carbons (Fsp3) is 0.600. The molecule has 0 aromatic rings. The predicted octanol–water partition coefficient (Wildman–Crippen LogP) is 0.974. The first kappa shape index (κ1) is 12.7. The van der Waals surface area contributed by atoms with E-state index in [1.807, 2.05) is 6.92 Å². The Kier molecular flexibility index (Phi) is 6.45. The Balaban J connectivity index is 3.76. The van der Waals surface area contributed by atoms with Gasteiger partial charge in [0.25, 0.3) is 0 Å². The Morgan fingerprint density at radius 1 is 1.29 bits per heavy atom. The van der Waals surface area contributed by atoms with Crippen LogP contribution in [0.15, 0.2) is 12.2 Å². The van der Waals surface area contributed by atoms with Crippen molar-refractivity contribution in [3.63, 3.8) is 0 Å². The van der Waals surface area contributed by atoms with Crippen LogP contribution in [-0.4, -0.2) is 37.5 Å². The van der Waals surface area contributed by atoms with E-state index in [9.17, 15) is 9.59 Å². The van der Waals surface area contributed by atoms with E-state index in [0.717, 1.165) is 18.9 Å². The van der Waals surface area contributed by atoms with Crippen molar-refractivity contribution in [2.45, 2.75) is 19.8 Å². The maximum Gasteiger partial charge on any atom is 0.330 e. The van der Waals surface area contributed by atoms with E-state index in [2.05, 4.69) is 0 Å². The summed E-state index contributed by atoms with van der Waals surface area (Å²) in [6, 6.07) is 0. The Hall–Kier alpha value is -1.32. The van der Waals surface area contributed by atoms with Crippen molar-refractivity contribution in [1.29, 1.82) is 0 Å². The van der Waals surface area contributed by atoms with E-state index < -0.39 is 5.97 Å². The molecular weight excluding hydrogens is 182 g/mol. The van der Waals surface area contributed by atoms with Crippen LogP contribution in [0.1, 0.15) is 19.8 Å². The van der Waals surface area contributed by atoms with Gasteiger partial charge in [0.2, 0.25) is 5.91 Å². The first-order valence-corrected chi connectivity index (χ1v) is 4.64. The predicted molar refractivity (Wildman–Crippen MR) is 53.7 cm³/mol. The fourth-order valence-corrected chi connectivity index (χ4v) is 0.654. The van der Waals surface area contributed by atoms with Gasteiger partial charge < -0.3 is 9.64 Å². The van der Waals surface area contributed by atoms with Crippen LogP contribution >= 0.6 is 0 Å². The van der Waals surface area contributed by atoms with E-state index in [0.29, 0.717) is 6.61 Å². The molecule has 4 nitrogen and oxygen atoms in total. The number of carbonyl (C=O) groups excluding carboxylic acids is 2. The normalized spacial score (nSPS) is 10.2. The summed E-state index contributed by atoms with van der Waals surface area (Å²) >= 11 is 0. The lowest BCUT2D eigenvalue weighted by molar-refractivity contribution is -0.138. The van der Waals surface area contributed by atoms with Crippen LogP contribution in [0.5, 0.6) is 0 Å². The van der Waals surface area contributed by atoms with Crippen molar-refractivity contribution in [3.8, 4) is 0 Å². The lowest BCUT2D eigenvalue weighted by Crippen LogP contribution is -2.19. The molecule has 14 heavy (non-hydrogen) atoms. The van der Waals surface area contributed by atoms with Crippen LogP contribution in [-0.2, 0) is 14.3 Å². The average molecular weight is 199 g/mol. The molecule has 0 aliphatic heterocycles. The van der Waals surface area contributed by atoms with Crippen LogP contribution in [0.3, 0.4) is 0 Å². The average Bonchev–Trinajstić information content (AvgIpc) is 2.14. The van der Waals surface area contributed by atoms with Gasteiger partial charge in [-0.05, 0) is 6.42 Å². The Morgan fingerprint density at radius 2 is 1.93 bits per heavy atom. The molecule has 0 rings (SSSR count). The maximum absolute atomic E-state index is 11.0. The summed E-state index contributed by atoms with van der Waals surface area (Å²) in [5.74, 6) is -0.689. The standard InChI is InChI=1S/C10H17NO3/c1-4-5-8-14-10(13)7-6-9(12)11(2)3/h6-7H,4-5,8H2,1-3H3/b7-6-. The second kappa shape index (κ2) is 7.12. The van der Waals surface area contributed by atoms with E-state index in [1.54, 1.807) is 14.1 Å². The largest absolute Gasteiger partial charge is 0.463 e. The van der Waals surface area contributed by atoms with E-state index in [1.165, 1.54) is 11.0 Å². The highest BCUT2D eigenvalue weighted by atomic mass is 16.5. The topological polar surface area (TPSA) is 46.6 Å². The van der Waals surface area contributed by atoms with Gasteiger partial charge in [-0.2, -0.15) is 0 Å². The number of hydrogen-bond acceptors (Lipinski definition) is 3. The first-order valence-electron chi connectivity index (χ1n) is 4.64. The molecule has 1 amide bonds. The molecule has 0 fully saturated rings. The smallest absolute Gasteiger partial charge is 0.330 e. The number of amides is 1. The molecule has 0 bridgehead atoms. The maximum atomic E-state index is 11.0. The lowest BCUT2D eigenvalue weighted by Gasteiger charge is -2.05. The SMILES string of the molecule is CCCCOC(=O)/C=C\C(=O)N(C)C. The highest BCUT2D eigenvalue weighted by Gasteiger charge is 2.00. The van der Waals surface area contributed by atoms with Crippen molar-refractivity contribution in [2.24, 2.45) is 0 Å². The monoisotopic (exact) mass is 199 g/mol. The molecule has 0 spiro atoms. The number of hydrogen-bond donors (Lipinski definition) is 0. The Morgan fingerprint density at radius 3 is 2.43 bits per heavy atom. The molecule has 0 aromatic carbocycles. The fourth-order valence-electron chi connectivity index (χ4n) is 0.654. The number of carbonyl (C=O) groups is 2. The van der Waals surface area contributed by atoms with E-state index >= 15 is 0 Å². The summed E-state index contributed by atoms with van der Waals surface area (Å²) in [5.41, 5.74) is 0. The van der Waals surface area contributed by atoms with Crippen molar-refractivity contribution in [1.82, 2.24) is 4.90 Å². The van der Waals surface area contributed by atoms with Gasteiger partial charge in [-0.25, -0.2) is 4.79 Å². The summed E-state index contributed by atoms with van der Waals surface area (Å²) in [6.07, 6.45) is 4.18. The zero-order chi connectivity index (χ0) is 11.0. The molecular formula is C10H17NO3. The summed E-state index contributed by atoms with van der Waals surface area (Å²) in [5, 5.41) is 0. The van der Waals surface area contributed by atoms with E-state index in [-0.39, 0.29) is 5.91 Å². The van der Waals surface area contributed by atoms with Gasteiger partial charge in [-0.3, -0.25) is 4.79 Å². The number of rotatable bonds is 5. The van der Waals surface area contributed by atoms with Crippen molar-refractivity contribution in [2.75, 3.05) is 20.7 Å². The molecule has 4 heteroatoms. The number of unbranched alkanes of at least 4 members (excludes halogenated alkanes) is 1. The molecule has 0 aliphatic carbocycles. The van der Waals surface area contributed by atoms with Crippen LogP contribution in [0, 0.1) is 0 Å². The number of esters is 1. The van der Waals surface area contributed by atoms with Gasteiger partial charge >= 0.3 is 5.97 Å². The molecule has 0 saturated heterocycles. The molecule has 0 heterocycles. The highest BCUT2D eigenvalue weighted by Crippen LogP contribution is 1.90. The minimum atomic E-state index is -0.464. The van der Waals surface area contributed by atoms with Gasteiger partial charge in [0.1, 0.15) is 0 Å². The van der Waals surface area contributed by atoms with Crippen LogP contribution in [0.25, 0.3) is 0 Å². The minimum Gasteiger partial charge on any atom is -0.463 e. The van der Waals surface area contributed by atoms with Crippen LogP contribution < -0.4 is 0 Å². The molecule has 0 aromatic heterocycles. The summed E-state index contributed by atoms with van der Waals surface area (Å²) < 4.78 is 4.82. The zero-order valence-corrected chi connectivity index (χ0v) is 8.95. The van der Waals surface area contributed by atoms with Crippen LogP contribution in [0.4, 0.5) is 0 Å².